The number of nitrogens with one attached hydrogen (secondary N) is 1. The maximum atomic E-state index is 12.1. The molecule has 0 atom stereocenters. The Bertz CT molecular complexity index is 846. The number of non-ortho nitro benzene ring substituents is 1. The molecule has 0 fully saturated rings. The van der Waals surface area contributed by atoms with Crippen molar-refractivity contribution < 1.29 is 9.72 Å². The van der Waals surface area contributed by atoms with Gasteiger partial charge < -0.3 is 10.2 Å². The van der Waals surface area contributed by atoms with E-state index in [0.29, 0.717) is 5.56 Å². The molecule has 6 heteroatoms. The zero-order chi connectivity index (χ0) is 17.8. The second-order valence-electron chi connectivity index (χ2n) is 6.15. The first-order valence-electron chi connectivity index (χ1n) is 8.05. The Balaban J connectivity index is 1.67. The number of nitro groups is 1. The summed E-state index contributed by atoms with van der Waals surface area (Å²) < 4.78 is 0. The predicted octanol–water partition coefficient (Wildman–Crippen LogP) is 3.23. The van der Waals surface area contributed by atoms with Gasteiger partial charge in [0, 0.05) is 37.0 Å². The molecule has 1 N–H and O–H groups in total. The average molecular weight is 337 g/mol. The molecule has 0 unspecified atom stereocenters. The summed E-state index contributed by atoms with van der Waals surface area (Å²) in [4.78, 5) is 24.7. The molecule has 0 bridgehead atoms. The van der Waals surface area contributed by atoms with Gasteiger partial charge in [0.1, 0.15) is 0 Å². The molecular weight excluding hydrogens is 318 g/mol. The lowest BCUT2D eigenvalue weighted by atomic mass is 9.99. The lowest BCUT2D eigenvalue weighted by molar-refractivity contribution is -0.384. The van der Waals surface area contributed by atoms with E-state index < -0.39 is 4.92 Å². The summed E-state index contributed by atoms with van der Waals surface area (Å²) >= 11 is 0. The lowest BCUT2D eigenvalue weighted by Gasteiger charge is -2.25. The molecule has 6 nitrogen and oxygen atoms in total. The Hall–Kier alpha value is -2.99. The van der Waals surface area contributed by atoms with Crippen LogP contribution in [-0.4, -0.2) is 29.3 Å². The maximum Gasteiger partial charge on any atom is 0.270 e. The van der Waals surface area contributed by atoms with E-state index in [-0.39, 0.29) is 11.6 Å². The van der Waals surface area contributed by atoms with Crippen LogP contribution in [0.2, 0.25) is 0 Å². The number of anilines is 1. The van der Waals surface area contributed by atoms with Crippen LogP contribution in [0.4, 0.5) is 11.4 Å². The monoisotopic (exact) mass is 337 g/mol. The van der Waals surface area contributed by atoms with Crippen LogP contribution in [0.5, 0.6) is 0 Å². The minimum absolute atomic E-state index is 0.00126. The first kappa shape index (κ1) is 16.9. The van der Waals surface area contributed by atoms with Crippen LogP contribution in [0.15, 0.2) is 48.5 Å². The highest BCUT2D eigenvalue weighted by Crippen LogP contribution is 2.22. The summed E-state index contributed by atoms with van der Waals surface area (Å²) in [6.45, 7) is 1.92. The van der Waals surface area contributed by atoms with Gasteiger partial charge >= 0.3 is 0 Å². The number of carbonyl (C=O) groups excluding carboxylic acids is 1. The van der Waals surface area contributed by atoms with E-state index in [1.165, 1.54) is 29.3 Å². The van der Waals surface area contributed by atoms with E-state index in [4.69, 9.17) is 0 Å². The van der Waals surface area contributed by atoms with Crippen LogP contribution in [0.3, 0.4) is 0 Å². The second-order valence-corrected chi connectivity index (χ2v) is 6.15. The van der Waals surface area contributed by atoms with Crippen molar-refractivity contribution in [1.29, 1.82) is 0 Å². The molecule has 3 rings (SSSR count). The van der Waals surface area contributed by atoms with Crippen molar-refractivity contribution in [3.63, 3.8) is 0 Å². The Morgan fingerprint density at radius 2 is 2.08 bits per heavy atom. The van der Waals surface area contributed by atoms with Crippen LogP contribution < -0.4 is 5.32 Å². The molecule has 0 aliphatic carbocycles. The molecule has 1 aliphatic rings. The zero-order valence-electron chi connectivity index (χ0n) is 13.9. The normalized spacial score (nSPS) is 14.3. The van der Waals surface area contributed by atoms with Crippen molar-refractivity contribution in [1.82, 2.24) is 4.90 Å². The van der Waals surface area contributed by atoms with Crippen molar-refractivity contribution in [3.05, 3.63) is 75.3 Å². The minimum Gasteiger partial charge on any atom is -0.323 e. The van der Waals surface area contributed by atoms with E-state index in [2.05, 4.69) is 23.3 Å². The fourth-order valence-corrected chi connectivity index (χ4v) is 2.87. The van der Waals surface area contributed by atoms with E-state index in [0.717, 1.165) is 25.2 Å². The van der Waals surface area contributed by atoms with E-state index in [1.54, 1.807) is 18.2 Å². The Kier molecular flexibility index (Phi) is 4.90. The maximum absolute atomic E-state index is 12.1. The number of nitro benzene ring substituents is 1. The summed E-state index contributed by atoms with van der Waals surface area (Å²) in [7, 11) is 2.08. The third-order valence-electron chi connectivity index (χ3n) is 4.19. The van der Waals surface area contributed by atoms with E-state index >= 15 is 0 Å². The molecule has 1 amide bonds. The number of rotatable bonds is 4. The highest BCUT2D eigenvalue weighted by molar-refractivity contribution is 6.02. The van der Waals surface area contributed by atoms with Gasteiger partial charge in [-0.05, 0) is 48.4 Å². The van der Waals surface area contributed by atoms with Gasteiger partial charge in [-0.3, -0.25) is 14.9 Å². The number of amides is 1. The molecule has 128 valence electrons. The van der Waals surface area contributed by atoms with Crippen molar-refractivity contribution in [2.45, 2.75) is 13.0 Å². The van der Waals surface area contributed by atoms with Crippen LogP contribution in [0.25, 0.3) is 6.08 Å². The number of fused-ring (bicyclic) bond motifs is 1. The SMILES string of the molecule is CN1CCc2ccc(NC(=O)C=Cc3cccc([N+](=O)[O-])c3)cc2C1. The average Bonchev–Trinajstić information content (AvgIpc) is 2.60. The summed E-state index contributed by atoms with van der Waals surface area (Å²) in [6, 6.07) is 12.1. The standard InChI is InChI=1S/C19H19N3O3/c1-21-10-9-15-6-7-17(12-16(15)13-21)20-19(23)8-5-14-3-2-4-18(11-14)22(24)25/h2-8,11-12H,9-10,13H2,1H3,(H,20,23). The minimum atomic E-state index is -0.457. The number of hydrogen-bond acceptors (Lipinski definition) is 4. The van der Waals surface area contributed by atoms with Gasteiger partial charge in [0.25, 0.3) is 5.69 Å². The van der Waals surface area contributed by atoms with Crippen LogP contribution in [0, 0.1) is 10.1 Å². The van der Waals surface area contributed by atoms with Gasteiger partial charge in [0.15, 0.2) is 0 Å². The van der Waals surface area contributed by atoms with Crippen LogP contribution in [0.1, 0.15) is 16.7 Å². The Morgan fingerprint density at radius 3 is 2.88 bits per heavy atom. The van der Waals surface area contributed by atoms with Crippen molar-refractivity contribution >= 4 is 23.4 Å². The molecule has 25 heavy (non-hydrogen) atoms. The highest BCUT2D eigenvalue weighted by Gasteiger charge is 2.13. The number of nitrogens with zero attached hydrogens (tertiary/aromatic N) is 2. The highest BCUT2D eigenvalue weighted by atomic mass is 16.6. The second kappa shape index (κ2) is 7.27. The molecule has 1 heterocycles. The molecule has 0 spiro atoms. The summed E-state index contributed by atoms with van der Waals surface area (Å²) in [5.74, 6) is -0.268. The van der Waals surface area contributed by atoms with Crippen molar-refractivity contribution in [2.75, 3.05) is 18.9 Å². The molecule has 2 aromatic rings. The quantitative estimate of drug-likeness (QED) is 0.528. The van der Waals surface area contributed by atoms with Gasteiger partial charge in [-0.25, -0.2) is 0 Å². The largest absolute Gasteiger partial charge is 0.323 e. The molecule has 0 aromatic heterocycles. The molecule has 0 saturated heterocycles. The number of benzene rings is 2. The van der Waals surface area contributed by atoms with Crippen LogP contribution >= 0.6 is 0 Å². The van der Waals surface area contributed by atoms with Gasteiger partial charge in [-0.1, -0.05) is 18.2 Å². The van der Waals surface area contributed by atoms with Gasteiger partial charge in [-0.15, -0.1) is 0 Å². The zero-order valence-corrected chi connectivity index (χ0v) is 13.9. The van der Waals surface area contributed by atoms with Crippen LogP contribution in [-0.2, 0) is 17.8 Å². The van der Waals surface area contributed by atoms with Gasteiger partial charge in [0.05, 0.1) is 4.92 Å². The van der Waals surface area contributed by atoms with E-state index in [1.807, 2.05) is 12.1 Å². The number of likely N-dealkylation sites (N-methyl/N-ethyl adjacent to an activating group) is 1. The fraction of sp³-hybridized carbons (Fsp3) is 0.211. The summed E-state index contributed by atoms with van der Waals surface area (Å²) in [6.07, 6.45) is 3.96. The summed E-state index contributed by atoms with van der Waals surface area (Å²) in [5, 5.41) is 13.6. The lowest BCUT2D eigenvalue weighted by Crippen LogP contribution is -2.26. The molecule has 1 aliphatic heterocycles. The number of hydrogen-bond donors (Lipinski definition) is 1. The third kappa shape index (κ3) is 4.30. The first-order valence-corrected chi connectivity index (χ1v) is 8.05. The van der Waals surface area contributed by atoms with Crippen molar-refractivity contribution in [3.8, 4) is 0 Å². The first-order chi connectivity index (χ1) is 12.0. The van der Waals surface area contributed by atoms with Gasteiger partial charge in [-0.2, -0.15) is 0 Å². The number of carbonyl (C=O) groups is 1. The third-order valence-corrected chi connectivity index (χ3v) is 4.19. The molecular formula is C19H19N3O3. The van der Waals surface area contributed by atoms with Gasteiger partial charge in [0.2, 0.25) is 5.91 Å². The Labute approximate surface area is 145 Å². The predicted molar refractivity (Wildman–Crippen MR) is 97.2 cm³/mol. The molecule has 0 saturated carbocycles. The molecule has 0 radical (unpaired) electrons. The Morgan fingerprint density at radius 1 is 1.24 bits per heavy atom. The smallest absolute Gasteiger partial charge is 0.270 e. The topological polar surface area (TPSA) is 75.5 Å². The summed E-state index contributed by atoms with van der Waals surface area (Å²) in [5.41, 5.74) is 3.91. The fourth-order valence-electron chi connectivity index (χ4n) is 2.87. The van der Waals surface area contributed by atoms with E-state index in [9.17, 15) is 14.9 Å². The molecule has 2 aromatic carbocycles. The van der Waals surface area contributed by atoms with Crippen molar-refractivity contribution in [2.24, 2.45) is 0 Å².